The van der Waals surface area contributed by atoms with Crippen molar-refractivity contribution in [1.29, 1.82) is 0 Å². The number of thiophene rings is 1. The maximum absolute atomic E-state index is 12.5. The smallest absolute Gasteiger partial charge is 0.338 e. The van der Waals surface area contributed by atoms with Gasteiger partial charge >= 0.3 is 5.97 Å². The Kier molecular flexibility index (Phi) is 6.27. The van der Waals surface area contributed by atoms with E-state index >= 15 is 0 Å². The van der Waals surface area contributed by atoms with Crippen molar-refractivity contribution < 1.29 is 28.3 Å². The molecule has 0 radical (unpaired) electrons. The summed E-state index contributed by atoms with van der Waals surface area (Å²) in [5.41, 5.74) is 8.03. The summed E-state index contributed by atoms with van der Waals surface area (Å²) < 4.78 is 10.2. The molecule has 2 aromatic heterocycles. The van der Waals surface area contributed by atoms with Crippen molar-refractivity contribution in [3.05, 3.63) is 69.5 Å². The van der Waals surface area contributed by atoms with E-state index in [-0.39, 0.29) is 11.3 Å². The quantitative estimate of drug-likeness (QED) is 0.456. The molecular formula is C23H21N3O6S. The number of carbonyl (C=O) groups is 4. The first-order valence-corrected chi connectivity index (χ1v) is 11.0. The van der Waals surface area contributed by atoms with Gasteiger partial charge in [0, 0.05) is 10.6 Å². The third-order valence-electron chi connectivity index (χ3n) is 5.22. The third kappa shape index (κ3) is 4.80. The Morgan fingerprint density at radius 3 is 2.70 bits per heavy atom. The topological polar surface area (TPSA) is 141 Å². The number of hydrogen-bond donors (Lipinski definition) is 3. The Bertz CT molecular complexity index is 1250. The molecule has 0 bridgehead atoms. The van der Waals surface area contributed by atoms with E-state index in [2.05, 4.69) is 10.6 Å². The van der Waals surface area contributed by atoms with Crippen LogP contribution in [0.1, 0.15) is 53.7 Å². The van der Waals surface area contributed by atoms with Crippen molar-refractivity contribution in [2.75, 3.05) is 17.2 Å². The van der Waals surface area contributed by atoms with Crippen molar-refractivity contribution >= 4 is 45.7 Å². The zero-order valence-electron chi connectivity index (χ0n) is 17.7. The summed E-state index contributed by atoms with van der Waals surface area (Å²) in [6, 6.07) is 7.77. The second kappa shape index (κ2) is 9.29. The molecule has 0 unspecified atom stereocenters. The van der Waals surface area contributed by atoms with Gasteiger partial charge in [0.15, 0.2) is 12.4 Å². The van der Waals surface area contributed by atoms with Crippen LogP contribution < -0.4 is 16.4 Å². The Labute approximate surface area is 192 Å². The number of ether oxygens (including phenoxy) is 1. The number of esters is 1. The molecule has 170 valence electrons. The number of fused-ring (bicyclic) bond motifs is 1. The van der Waals surface area contributed by atoms with Gasteiger partial charge in [-0.15, -0.1) is 11.3 Å². The minimum absolute atomic E-state index is 0.133. The van der Waals surface area contributed by atoms with Crippen LogP contribution in [0, 0.1) is 6.92 Å². The van der Waals surface area contributed by atoms with Gasteiger partial charge in [0.1, 0.15) is 5.00 Å². The number of furan rings is 1. The van der Waals surface area contributed by atoms with E-state index in [1.165, 1.54) is 35.8 Å². The van der Waals surface area contributed by atoms with E-state index in [4.69, 9.17) is 14.9 Å². The number of amides is 3. The highest BCUT2D eigenvalue weighted by Crippen LogP contribution is 2.38. The number of anilines is 2. The Morgan fingerprint density at radius 2 is 1.97 bits per heavy atom. The maximum atomic E-state index is 12.5. The highest BCUT2D eigenvalue weighted by molar-refractivity contribution is 7.17. The van der Waals surface area contributed by atoms with E-state index in [9.17, 15) is 19.2 Å². The zero-order valence-corrected chi connectivity index (χ0v) is 18.5. The molecule has 0 atom stereocenters. The van der Waals surface area contributed by atoms with Crippen LogP contribution in [0.15, 0.2) is 41.0 Å². The number of carbonyl (C=O) groups excluding carboxylic acids is 4. The standard InChI is InChI=1S/C23H21N3O6S/c1-12-7-8-13(10-15(12)25-21(29)16-5-3-9-31-16)23(30)32-11-18(27)26-22-19(20(24)28)14-4-2-6-17(14)33-22/h3,5,7-10H,2,4,6,11H2,1H3,(H2,24,28)(H,25,29)(H,26,27). The minimum Gasteiger partial charge on any atom is -0.459 e. The number of nitrogens with one attached hydrogen (secondary N) is 2. The highest BCUT2D eigenvalue weighted by atomic mass is 32.1. The normalized spacial score (nSPS) is 12.2. The fourth-order valence-corrected chi connectivity index (χ4v) is 4.92. The van der Waals surface area contributed by atoms with Crippen LogP contribution in [-0.2, 0) is 22.4 Å². The van der Waals surface area contributed by atoms with E-state index < -0.39 is 30.3 Å². The van der Waals surface area contributed by atoms with Gasteiger partial charge in [-0.05, 0) is 61.6 Å². The summed E-state index contributed by atoms with van der Waals surface area (Å²) in [6.07, 6.45) is 3.93. The van der Waals surface area contributed by atoms with E-state index in [1.54, 1.807) is 19.1 Å². The summed E-state index contributed by atoms with van der Waals surface area (Å²) in [5, 5.41) is 5.68. The lowest BCUT2D eigenvalue weighted by molar-refractivity contribution is -0.119. The molecule has 1 aliphatic carbocycles. The number of rotatable bonds is 7. The minimum atomic E-state index is -0.734. The maximum Gasteiger partial charge on any atom is 0.338 e. The summed E-state index contributed by atoms with van der Waals surface area (Å²) >= 11 is 1.32. The van der Waals surface area contributed by atoms with Crippen molar-refractivity contribution in [2.24, 2.45) is 5.73 Å². The number of hydrogen-bond acceptors (Lipinski definition) is 7. The molecule has 9 nitrogen and oxygen atoms in total. The second-order valence-electron chi connectivity index (χ2n) is 7.51. The molecule has 1 aromatic carbocycles. The molecule has 4 rings (SSSR count). The molecule has 0 aliphatic heterocycles. The average Bonchev–Trinajstić information content (AvgIpc) is 3.51. The van der Waals surface area contributed by atoms with Crippen LogP contribution in [-0.4, -0.2) is 30.3 Å². The number of primary amides is 1. The summed E-state index contributed by atoms with van der Waals surface area (Å²) in [6.45, 7) is 1.23. The molecule has 0 fully saturated rings. The van der Waals surface area contributed by atoms with Gasteiger partial charge in [0.05, 0.1) is 17.4 Å². The molecule has 33 heavy (non-hydrogen) atoms. The first-order valence-electron chi connectivity index (χ1n) is 10.2. The third-order valence-corrected chi connectivity index (χ3v) is 6.43. The van der Waals surface area contributed by atoms with Crippen molar-refractivity contribution in [1.82, 2.24) is 0 Å². The Hall–Kier alpha value is -3.92. The van der Waals surface area contributed by atoms with Gasteiger partial charge in [0.2, 0.25) is 0 Å². The lowest BCUT2D eigenvalue weighted by Crippen LogP contribution is -2.23. The van der Waals surface area contributed by atoms with Crippen molar-refractivity contribution in [3.8, 4) is 0 Å². The SMILES string of the molecule is Cc1ccc(C(=O)OCC(=O)Nc2sc3c(c2C(N)=O)CCC3)cc1NC(=O)c1ccco1. The monoisotopic (exact) mass is 467 g/mol. The lowest BCUT2D eigenvalue weighted by atomic mass is 10.1. The van der Waals surface area contributed by atoms with Gasteiger partial charge in [-0.3, -0.25) is 14.4 Å². The fourth-order valence-electron chi connectivity index (χ4n) is 3.61. The predicted octanol–water partition coefficient (Wildman–Crippen LogP) is 3.28. The van der Waals surface area contributed by atoms with Crippen LogP contribution in [0.4, 0.5) is 10.7 Å². The van der Waals surface area contributed by atoms with Crippen LogP contribution in [0.25, 0.3) is 0 Å². The summed E-state index contributed by atoms with van der Waals surface area (Å²) in [4.78, 5) is 49.9. The summed E-state index contributed by atoms with van der Waals surface area (Å²) in [7, 11) is 0. The van der Waals surface area contributed by atoms with Crippen LogP contribution in [0.5, 0.6) is 0 Å². The molecule has 0 spiro atoms. The fraction of sp³-hybridized carbons (Fsp3) is 0.217. The van der Waals surface area contributed by atoms with Gasteiger partial charge in [-0.1, -0.05) is 6.07 Å². The molecule has 4 N–H and O–H groups in total. The van der Waals surface area contributed by atoms with Gasteiger partial charge < -0.3 is 25.5 Å². The van der Waals surface area contributed by atoms with Crippen LogP contribution >= 0.6 is 11.3 Å². The molecule has 3 amide bonds. The largest absolute Gasteiger partial charge is 0.459 e. The molecule has 2 heterocycles. The summed E-state index contributed by atoms with van der Waals surface area (Å²) in [5.74, 6) is -2.23. The first kappa shape index (κ1) is 22.3. The number of aryl methyl sites for hydroxylation is 2. The molecule has 0 saturated carbocycles. The number of nitrogens with two attached hydrogens (primary N) is 1. The second-order valence-corrected chi connectivity index (χ2v) is 8.62. The zero-order chi connectivity index (χ0) is 23.5. The average molecular weight is 468 g/mol. The lowest BCUT2D eigenvalue weighted by Gasteiger charge is -2.10. The van der Waals surface area contributed by atoms with E-state index in [0.29, 0.717) is 16.3 Å². The Balaban J connectivity index is 1.38. The van der Waals surface area contributed by atoms with E-state index in [1.807, 2.05) is 0 Å². The van der Waals surface area contributed by atoms with Crippen molar-refractivity contribution in [3.63, 3.8) is 0 Å². The molecule has 3 aromatic rings. The highest BCUT2D eigenvalue weighted by Gasteiger charge is 2.26. The van der Waals surface area contributed by atoms with Crippen LogP contribution in [0.3, 0.4) is 0 Å². The molecule has 10 heteroatoms. The predicted molar refractivity (Wildman–Crippen MR) is 122 cm³/mol. The molecule has 1 aliphatic rings. The first-order chi connectivity index (χ1) is 15.8. The van der Waals surface area contributed by atoms with Gasteiger partial charge in [0.25, 0.3) is 17.7 Å². The Morgan fingerprint density at radius 1 is 1.15 bits per heavy atom. The van der Waals surface area contributed by atoms with Crippen molar-refractivity contribution in [2.45, 2.75) is 26.2 Å². The number of benzene rings is 1. The van der Waals surface area contributed by atoms with E-state index in [0.717, 1.165) is 35.3 Å². The van der Waals surface area contributed by atoms with Crippen LogP contribution in [0.2, 0.25) is 0 Å². The molecule has 0 saturated heterocycles. The van der Waals surface area contributed by atoms with Gasteiger partial charge in [-0.2, -0.15) is 0 Å². The molecular weight excluding hydrogens is 446 g/mol. The van der Waals surface area contributed by atoms with Gasteiger partial charge in [-0.25, -0.2) is 4.79 Å².